The van der Waals surface area contributed by atoms with Gasteiger partial charge in [0, 0.05) is 5.56 Å². The van der Waals surface area contributed by atoms with Crippen LogP contribution in [-0.2, 0) is 17.5 Å². The maximum absolute atomic E-state index is 12.9. The van der Waals surface area contributed by atoms with Crippen LogP contribution in [0.2, 0.25) is 0 Å². The van der Waals surface area contributed by atoms with Gasteiger partial charge in [-0.25, -0.2) is 0 Å². The lowest BCUT2D eigenvalue weighted by atomic mass is 10.0. The third-order valence-corrected chi connectivity index (χ3v) is 4.41. The molecule has 0 radical (unpaired) electrons. The largest absolute Gasteiger partial charge is 0.416 e. The van der Waals surface area contributed by atoms with Gasteiger partial charge in [-0.15, -0.1) is 10.2 Å². The normalized spacial score (nSPS) is 12.6. The van der Waals surface area contributed by atoms with Crippen molar-refractivity contribution in [2.75, 3.05) is 0 Å². The number of alkyl halides is 3. The number of benzene rings is 2. The van der Waals surface area contributed by atoms with Crippen molar-refractivity contribution in [3.63, 3.8) is 0 Å². The fourth-order valence-electron chi connectivity index (χ4n) is 2.85. The van der Waals surface area contributed by atoms with E-state index >= 15 is 0 Å². The van der Waals surface area contributed by atoms with Gasteiger partial charge in [-0.05, 0) is 36.3 Å². The zero-order valence-electron chi connectivity index (χ0n) is 15.9. The first-order valence-corrected chi connectivity index (χ1v) is 9.07. The number of nitrogens with zero attached hydrogens (tertiary/aromatic N) is 4. The van der Waals surface area contributed by atoms with E-state index in [0.717, 1.165) is 28.1 Å². The minimum Gasteiger partial charge on any atom is -0.348 e. The predicted molar refractivity (Wildman–Crippen MR) is 101 cm³/mol. The first-order chi connectivity index (χ1) is 13.8. The molecule has 0 aliphatic carbocycles. The Morgan fingerprint density at radius 2 is 1.90 bits per heavy atom. The van der Waals surface area contributed by atoms with Gasteiger partial charge >= 0.3 is 6.18 Å². The molecule has 6 nitrogen and oxygen atoms in total. The summed E-state index contributed by atoms with van der Waals surface area (Å²) in [5.41, 5.74) is 1.50. The van der Waals surface area contributed by atoms with Crippen LogP contribution in [-0.4, -0.2) is 26.1 Å². The van der Waals surface area contributed by atoms with Crippen molar-refractivity contribution in [1.29, 1.82) is 0 Å². The number of aryl methyl sites for hydroxylation is 1. The number of amides is 1. The van der Waals surface area contributed by atoms with Gasteiger partial charge in [-0.3, -0.25) is 4.79 Å². The van der Waals surface area contributed by atoms with Crippen molar-refractivity contribution < 1.29 is 18.0 Å². The molecule has 0 spiro atoms. The summed E-state index contributed by atoms with van der Waals surface area (Å²) in [6.45, 7) is 3.76. The minimum absolute atomic E-state index is 0.0227. The average molecular weight is 403 g/mol. The quantitative estimate of drug-likeness (QED) is 0.677. The van der Waals surface area contributed by atoms with Crippen LogP contribution in [0.25, 0.3) is 11.4 Å². The Morgan fingerprint density at radius 3 is 2.55 bits per heavy atom. The molecule has 9 heteroatoms. The summed E-state index contributed by atoms with van der Waals surface area (Å²) in [5.74, 6) is -0.292. The minimum atomic E-state index is -4.46. The number of tetrazole rings is 1. The zero-order chi connectivity index (χ0) is 21.0. The van der Waals surface area contributed by atoms with Crippen molar-refractivity contribution in [3.05, 3.63) is 65.2 Å². The third-order valence-electron chi connectivity index (χ3n) is 4.41. The number of carbonyl (C=O) groups excluding carboxylic acids is 1. The molecule has 1 aromatic heterocycles. The topological polar surface area (TPSA) is 72.7 Å². The number of aromatic nitrogens is 4. The lowest BCUT2D eigenvalue weighted by Gasteiger charge is -2.17. The van der Waals surface area contributed by atoms with Gasteiger partial charge in [-0.1, -0.05) is 48.9 Å². The van der Waals surface area contributed by atoms with Crippen LogP contribution < -0.4 is 5.32 Å². The summed E-state index contributed by atoms with van der Waals surface area (Å²) in [6.07, 6.45) is -3.76. The Kier molecular flexibility index (Phi) is 5.95. The Labute approximate surface area is 165 Å². The fraction of sp³-hybridized carbons (Fsp3) is 0.300. The highest BCUT2D eigenvalue weighted by Crippen LogP contribution is 2.31. The molecule has 152 valence electrons. The Bertz CT molecular complexity index is 982. The highest BCUT2D eigenvalue weighted by Gasteiger charge is 2.30. The standard InChI is InChI=1S/C20H20F3N5O/c1-3-17(14-9-7-13(2)8-10-14)24-18(29)12-28-26-19(25-27-28)15-5-4-6-16(11-15)20(21,22)23/h4-11,17H,3,12H2,1-2H3,(H,24,29)/t17-/m1/s1. The van der Waals surface area contributed by atoms with Crippen molar-refractivity contribution >= 4 is 5.91 Å². The van der Waals surface area contributed by atoms with Crippen LogP contribution in [0.15, 0.2) is 48.5 Å². The molecular weight excluding hydrogens is 383 g/mol. The van der Waals surface area contributed by atoms with Gasteiger partial charge in [0.2, 0.25) is 11.7 Å². The molecule has 1 N–H and O–H groups in total. The van der Waals surface area contributed by atoms with Gasteiger partial charge in [0.1, 0.15) is 6.54 Å². The SMILES string of the molecule is CC[C@@H](NC(=O)Cn1nnc(-c2cccc(C(F)(F)F)c2)n1)c1ccc(C)cc1. The molecule has 0 saturated heterocycles. The Hall–Kier alpha value is -3.23. The number of halogens is 3. The van der Waals surface area contributed by atoms with Gasteiger partial charge in [0.25, 0.3) is 0 Å². The first kappa shape index (κ1) is 20.5. The number of hydrogen-bond donors (Lipinski definition) is 1. The second kappa shape index (κ2) is 8.42. The third kappa shape index (κ3) is 5.18. The van der Waals surface area contributed by atoms with E-state index in [0.29, 0.717) is 6.42 Å². The van der Waals surface area contributed by atoms with Crippen molar-refractivity contribution in [2.24, 2.45) is 0 Å². The highest BCUT2D eigenvalue weighted by molar-refractivity contribution is 5.76. The molecule has 2 aromatic carbocycles. The Balaban J connectivity index is 1.68. The Morgan fingerprint density at radius 1 is 1.17 bits per heavy atom. The van der Waals surface area contributed by atoms with Crippen LogP contribution in [0.1, 0.15) is 36.1 Å². The number of nitrogens with one attached hydrogen (secondary N) is 1. The molecule has 0 aliphatic rings. The lowest BCUT2D eigenvalue weighted by Crippen LogP contribution is -2.32. The number of rotatable bonds is 6. The maximum Gasteiger partial charge on any atom is 0.416 e. The smallest absolute Gasteiger partial charge is 0.348 e. The van der Waals surface area contributed by atoms with Crippen LogP contribution in [0.5, 0.6) is 0 Å². The first-order valence-electron chi connectivity index (χ1n) is 9.07. The summed E-state index contributed by atoms with van der Waals surface area (Å²) in [5, 5.41) is 14.5. The van der Waals surface area contributed by atoms with E-state index in [1.807, 2.05) is 38.1 Å². The highest BCUT2D eigenvalue weighted by atomic mass is 19.4. The van der Waals surface area contributed by atoms with Crippen LogP contribution in [0.4, 0.5) is 13.2 Å². The number of hydrogen-bond acceptors (Lipinski definition) is 4. The van der Waals surface area contributed by atoms with E-state index in [-0.39, 0.29) is 29.9 Å². The molecule has 0 aliphatic heterocycles. The molecule has 0 unspecified atom stereocenters. The monoisotopic (exact) mass is 403 g/mol. The molecule has 0 bridgehead atoms. The van der Waals surface area contributed by atoms with Gasteiger partial charge in [0.05, 0.1) is 11.6 Å². The fourth-order valence-corrected chi connectivity index (χ4v) is 2.85. The van der Waals surface area contributed by atoms with Crippen molar-refractivity contribution in [3.8, 4) is 11.4 Å². The average Bonchev–Trinajstić information content (AvgIpc) is 3.15. The van der Waals surface area contributed by atoms with Crippen LogP contribution in [0, 0.1) is 6.92 Å². The van der Waals surface area contributed by atoms with E-state index in [4.69, 9.17) is 0 Å². The number of carbonyl (C=O) groups is 1. The predicted octanol–water partition coefficient (Wildman–Crippen LogP) is 3.93. The second-order valence-electron chi connectivity index (χ2n) is 6.66. The molecule has 0 fully saturated rings. The maximum atomic E-state index is 12.9. The van der Waals surface area contributed by atoms with Crippen molar-refractivity contribution in [2.45, 2.75) is 39.0 Å². The molecule has 1 amide bonds. The second-order valence-corrected chi connectivity index (χ2v) is 6.66. The molecule has 1 heterocycles. The van der Waals surface area contributed by atoms with E-state index < -0.39 is 11.7 Å². The van der Waals surface area contributed by atoms with Crippen LogP contribution >= 0.6 is 0 Å². The molecule has 1 atom stereocenters. The van der Waals surface area contributed by atoms with Gasteiger partial charge in [-0.2, -0.15) is 18.0 Å². The molecule has 29 heavy (non-hydrogen) atoms. The molecule has 3 rings (SSSR count). The van der Waals surface area contributed by atoms with E-state index in [2.05, 4.69) is 20.7 Å². The summed E-state index contributed by atoms with van der Waals surface area (Å²) in [4.78, 5) is 13.4. The summed E-state index contributed by atoms with van der Waals surface area (Å²) >= 11 is 0. The zero-order valence-corrected chi connectivity index (χ0v) is 15.9. The van der Waals surface area contributed by atoms with Gasteiger partial charge < -0.3 is 5.32 Å². The van der Waals surface area contributed by atoms with E-state index in [1.54, 1.807) is 0 Å². The van der Waals surface area contributed by atoms with Gasteiger partial charge in [0.15, 0.2) is 0 Å². The van der Waals surface area contributed by atoms with E-state index in [9.17, 15) is 18.0 Å². The van der Waals surface area contributed by atoms with Crippen molar-refractivity contribution in [1.82, 2.24) is 25.5 Å². The molecular formula is C20H20F3N5O. The van der Waals surface area contributed by atoms with Crippen LogP contribution in [0.3, 0.4) is 0 Å². The summed E-state index contributed by atoms with van der Waals surface area (Å²) < 4.78 is 38.6. The summed E-state index contributed by atoms with van der Waals surface area (Å²) in [6, 6.07) is 12.4. The lowest BCUT2D eigenvalue weighted by molar-refractivity contribution is -0.137. The van der Waals surface area contributed by atoms with E-state index in [1.165, 1.54) is 12.1 Å². The molecule has 3 aromatic rings. The summed E-state index contributed by atoms with van der Waals surface area (Å²) in [7, 11) is 0. The molecule has 0 saturated carbocycles.